The fraction of sp³-hybridized carbons (Fsp3) is 0.450. The lowest BCUT2D eigenvalue weighted by Gasteiger charge is -2.37. The smallest absolute Gasteiger partial charge is 0.286 e. The highest BCUT2D eigenvalue weighted by Gasteiger charge is 2.67. The van der Waals surface area contributed by atoms with Gasteiger partial charge in [-0.05, 0) is 48.3 Å². The third kappa shape index (κ3) is 2.72. The van der Waals surface area contributed by atoms with Gasteiger partial charge in [-0.25, -0.2) is 0 Å². The summed E-state index contributed by atoms with van der Waals surface area (Å²) >= 11 is 5.87. The Morgan fingerprint density at radius 3 is 2.21 bits per heavy atom. The molecule has 1 saturated heterocycles. The average molecular weight is 425 g/mol. The maximum atomic E-state index is 13.2. The third-order valence-electron chi connectivity index (χ3n) is 6.64. The van der Waals surface area contributed by atoms with Gasteiger partial charge in [0.2, 0.25) is 11.8 Å². The van der Waals surface area contributed by atoms with Gasteiger partial charge in [-0.1, -0.05) is 29.8 Å². The molecule has 9 heteroatoms. The summed E-state index contributed by atoms with van der Waals surface area (Å²) in [5, 5.41) is 0.137. The second-order valence-electron chi connectivity index (χ2n) is 8.11. The van der Waals surface area contributed by atoms with Gasteiger partial charge in [0.05, 0.1) is 11.8 Å². The van der Waals surface area contributed by atoms with Crippen molar-refractivity contribution < 1.29 is 27.6 Å². The summed E-state index contributed by atoms with van der Waals surface area (Å²) in [5.41, 5.74) is -0.126. The largest absolute Gasteiger partial charge is 0.471 e. The molecule has 0 unspecified atom stereocenters. The predicted molar refractivity (Wildman–Crippen MR) is 96.4 cm³/mol. The Morgan fingerprint density at radius 2 is 1.69 bits per heavy atom. The van der Waals surface area contributed by atoms with E-state index in [1.165, 1.54) is 24.3 Å². The van der Waals surface area contributed by atoms with E-state index in [2.05, 4.69) is 0 Å². The lowest BCUT2D eigenvalue weighted by atomic mass is 9.63. The van der Waals surface area contributed by atoms with Crippen molar-refractivity contribution in [1.82, 2.24) is 4.90 Å². The van der Waals surface area contributed by atoms with Crippen LogP contribution in [0.25, 0.3) is 0 Å². The summed E-state index contributed by atoms with van der Waals surface area (Å²) in [5.74, 6) is -3.55. The van der Waals surface area contributed by atoms with E-state index in [-0.39, 0.29) is 22.5 Å². The zero-order valence-corrected chi connectivity index (χ0v) is 15.7. The molecule has 29 heavy (non-hydrogen) atoms. The maximum Gasteiger partial charge on any atom is 0.471 e. The van der Waals surface area contributed by atoms with Crippen LogP contribution < -0.4 is 4.90 Å². The van der Waals surface area contributed by atoms with E-state index in [4.69, 9.17) is 11.6 Å². The van der Waals surface area contributed by atoms with Crippen molar-refractivity contribution in [3.8, 4) is 0 Å². The first kappa shape index (κ1) is 18.7. The number of hydrogen-bond acceptors (Lipinski definition) is 3. The minimum atomic E-state index is -5.16. The van der Waals surface area contributed by atoms with Gasteiger partial charge in [0, 0.05) is 10.7 Å². The molecule has 1 heterocycles. The summed E-state index contributed by atoms with van der Waals surface area (Å²) in [6, 6.07) is 5.34. The topological polar surface area (TPSA) is 57.7 Å². The van der Waals surface area contributed by atoms with Crippen molar-refractivity contribution in [3.63, 3.8) is 0 Å². The number of carbonyl (C=O) groups excluding carboxylic acids is 3. The SMILES string of the molecule is O=C1[C@@H]2[C@@H]3C=C[C@H]([C@@H]4C[C@H]34)[C@H]2C(=O)N1CN(C(=O)C(F)(F)F)c1cccc(Cl)c1. The number of allylic oxidation sites excluding steroid dienone is 2. The lowest BCUT2D eigenvalue weighted by Crippen LogP contribution is -2.49. The number of nitrogens with zero attached hydrogens (tertiary/aromatic N) is 2. The number of likely N-dealkylation sites (tertiary alicyclic amines) is 1. The van der Waals surface area contributed by atoms with Gasteiger partial charge in [0.1, 0.15) is 6.67 Å². The normalized spacial score (nSPS) is 34.3. The molecule has 3 fully saturated rings. The van der Waals surface area contributed by atoms with Crippen LogP contribution in [0.3, 0.4) is 0 Å². The van der Waals surface area contributed by atoms with E-state index < -0.39 is 42.4 Å². The second-order valence-corrected chi connectivity index (χ2v) is 8.55. The van der Waals surface area contributed by atoms with Crippen molar-refractivity contribution in [1.29, 1.82) is 0 Å². The Kier molecular flexibility index (Phi) is 3.91. The number of alkyl halides is 3. The van der Waals surface area contributed by atoms with E-state index in [1.807, 2.05) is 12.2 Å². The molecule has 6 rings (SSSR count). The maximum absolute atomic E-state index is 13.2. The Balaban J connectivity index is 1.47. The van der Waals surface area contributed by atoms with Crippen LogP contribution in [0.5, 0.6) is 0 Å². The second kappa shape index (κ2) is 6.08. The number of anilines is 1. The molecule has 0 radical (unpaired) electrons. The monoisotopic (exact) mass is 424 g/mol. The molecule has 1 aromatic carbocycles. The highest BCUT2D eigenvalue weighted by Crippen LogP contribution is 2.65. The highest BCUT2D eigenvalue weighted by molar-refractivity contribution is 6.31. The number of amides is 3. The highest BCUT2D eigenvalue weighted by atomic mass is 35.5. The van der Waals surface area contributed by atoms with Gasteiger partial charge in [-0.15, -0.1) is 0 Å². The van der Waals surface area contributed by atoms with E-state index in [9.17, 15) is 27.6 Å². The first-order valence-corrected chi connectivity index (χ1v) is 9.74. The molecule has 3 amide bonds. The number of carbonyl (C=O) groups is 3. The zero-order chi connectivity index (χ0) is 20.7. The van der Waals surface area contributed by atoms with E-state index in [0.717, 1.165) is 11.3 Å². The van der Waals surface area contributed by atoms with Crippen LogP contribution >= 0.6 is 11.6 Å². The number of imide groups is 1. The van der Waals surface area contributed by atoms with E-state index in [0.29, 0.717) is 16.7 Å². The Morgan fingerprint density at radius 1 is 1.10 bits per heavy atom. The van der Waals surface area contributed by atoms with Crippen molar-refractivity contribution in [2.45, 2.75) is 12.6 Å². The number of rotatable bonds is 3. The first-order valence-electron chi connectivity index (χ1n) is 9.36. The molecular formula is C20H16ClF3N2O3. The average Bonchev–Trinajstić information content (AvgIpc) is 3.44. The molecule has 2 saturated carbocycles. The van der Waals surface area contributed by atoms with Crippen molar-refractivity contribution in [2.24, 2.45) is 35.5 Å². The van der Waals surface area contributed by atoms with Crippen LogP contribution in [0.15, 0.2) is 36.4 Å². The Hall–Kier alpha value is -2.35. The fourth-order valence-electron chi connectivity index (χ4n) is 5.36. The summed E-state index contributed by atoms with van der Waals surface area (Å²) in [6.07, 6.45) is -0.227. The van der Waals surface area contributed by atoms with Crippen LogP contribution in [0.1, 0.15) is 6.42 Å². The molecular weight excluding hydrogens is 409 g/mol. The summed E-state index contributed by atoms with van der Waals surface area (Å²) in [4.78, 5) is 39.4. The van der Waals surface area contributed by atoms with Gasteiger partial charge >= 0.3 is 12.1 Å². The summed E-state index contributed by atoms with van der Waals surface area (Å²) in [7, 11) is 0. The lowest BCUT2D eigenvalue weighted by molar-refractivity contribution is -0.171. The number of benzene rings is 1. The van der Waals surface area contributed by atoms with Crippen molar-refractivity contribution in [2.75, 3.05) is 11.6 Å². The predicted octanol–water partition coefficient (Wildman–Crippen LogP) is 3.25. The molecule has 4 aliphatic carbocycles. The van der Waals surface area contributed by atoms with Crippen molar-refractivity contribution >= 4 is 35.0 Å². The molecule has 6 atom stereocenters. The van der Waals surface area contributed by atoms with Gasteiger partial charge in [0.25, 0.3) is 0 Å². The molecule has 5 nitrogen and oxygen atoms in total. The van der Waals surface area contributed by atoms with Gasteiger partial charge < -0.3 is 0 Å². The molecule has 152 valence electrons. The van der Waals surface area contributed by atoms with Crippen LogP contribution in [0, 0.1) is 35.5 Å². The first-order chi connectivity index (χ1) is 13.7. The standard InChI is InChI=1S/C20H16ClF3N2O3/c21-9-2-1-3-10(6-9)25(19(29)20(22,23)24)8-26-17(27)15-11-4-5-12(14-7-13(11)14)16(15)18(26)28/h1-6,11-16H,7-8H2/t11-,12-,13-,14+,15-,16-/m1/s1. The van der Waals surface area contributed by atoms with Gasteiger partial charge in [-0.2, -0.15) is 13.2 Å². The minimum absolute atomic E-state index is 0.0469. The van der Waals surface area contributed by atoms with Crippen LogP contribution in [0.2, 0.25) is 5.02 Å². The Labute approximate surface area is 169 Å². The van der Waals surface area contributed by atoms with E-state index in [1.54, 1.807) is 0 Å². The molecule has 2 bridgehead atoms. The number of halogens is 4. The quantitative estimate of drug-likeness (QED) is 0.553. The third-order valence-corrected chi connectivity index (χ3v) is 6.88. The molecule has 0 N–H and O–H groups in total. The van der Waals surface area contributed by atoms with Gasteiger partial charge in [0.15, 0.2) is 0 Å². The van der Waals surface area contributed by atoms with Crippen LogP contribution in [0.4, 0.5) is 18.9 Å². The minimum Gasteiger partial charge on any atom is -0.286 e. The fourth-order valence-corrected chi connectivity index (χ4v) is 5.54. The summed E-state index contributed by atoms with van der Waals surface area (Å²) in [6.45, 7) is -0.780. The molecule has 1 aromatic rings. The molecule has 0 aromatic heterocycles. The summed E-state index contributed by atoms with van der Waals surface area (Å²) < 4.78 is 39.7. The van der Waals surface area contributed by atoms with E-state index >= 15 is 0 Å². The number of hydrogen-bond donors (Lipinski definition) is 0. The molecule has 1 aliphatic heterocycles. The zero-order valence-electron chi connectivity index (χ0n) is 15.0. The van der Waals surface area contributed by atoms with Crippen LogP contribution in [-0.2, 0) is 14.4 Å². The molecule has 0 spiro atoms. The van der Waals surface area contributed by atoms with Gasteiger partial charge in [-0.3, -0.25) is 24.2 Å². The molecule has 5 aliphatic rings. The van der Waals surface area contributed by atoms with Crippen molar-refractivity contribution in [3.05, 3.63) is 41.4 Å². The Bertz CT molecular complexity index is 927. The van der Waals surface area contributed by atoms with Crippen LogP contribution in [-0.4, -0.2) is 35.5 Å².